The van der Waals surface area contributed by atoms with Gasteiger partial charge in [0.15, 0.2) is 0 Å². The highest BCUT2D eigenvalue weighted by Gasteiger charge is 2.30. The van der Waals surface area contributed by atoms with Crippen LogP contribution in [-0.4, -0.2) is 27.5 Å². The first kappa shape index (κ1) is 17.0. The number of hydrogen-bond acceptors (Lipinski definition) is 4. The summed E-state index contributed by atoms with van der Waals surface area (Å²) in [6.07, 6.45) is 3.64. The lowest BCUT2D eigenvalue weighted by atomic mass is 10.0. The summed E-state index contributed by atoms with van der Waals surface area (Å²) in [6, 6.07) is 4.33. The second-order valence-electron chi connectivity index (χ2n) is 5.79. The third kappa shape index (κ3) is 3.50. The largest absolute Gasteiger partial charge is 0.468 e. The SMILES string of the molecule is CC[C@@H](C)[C@@H](NS(=O)(=O)c1ccc2c(c1)CCC2)C(=O)OC. The van der Waals surface area contributed by atoms with Gasteiger partial charge in [0.25, 0.3) is 0 Å². The summed E-state index contributed by atoms with van der Waals surface area (Å²) in [5, 5.41) is 0. The standard InChI is InChI=1S/C16H23NO4S/c1-4-11(2)15(16(18)21-3)17-22(19,20)14-9-8-12-6-5-7-13(12)10-14/h8-11,15,17H,4-7H2,1-3H3/t11-,15-/m1/s1. The minimum atomic E-state index is -3.74. The number of methoxy groups -OCH3 is 1. The Labute approximate surface area is 132 Å². The van der Waals surface area contributed by atoms with E-state index in [0.717, 1.165) is 24.8 Å². The molecule has 0 saturated carbocycles. The van der Waals surface area contributed by atoms with Crippen LogP contribution in [0.1, 0.15) is 37.8 Å². The fourth-order valence-corrected chi connectivity index (χ4v) is 4.05. The third-order valence-corrected chi connectivity index (χ3v) is 5.77. The van der Waals surface area contributed by atoms with Gasteiger partial charge in [0.05, 0.1) is 12.0 Å². The summed E-state index contributed by atoms with van der Waals surface area (Å²) in [5.74, 6) is -0.698. The molecule has 0 amide bonds. The van der Waals surface area contributed by atoms with Crippen LogP contribution in [0.4, 0.5) is 0 Å². The first-order valence-electron chi connectivity index (χ1n) is 7.61. The Morgan fingerprint density at radius 1 is 1.32 bits per heavy atom. The fraction of sp³-hybridized carbons (Fsp3) is 0.562. The van der Waals surface area contributed by atoms with E-state index in [-0.39, 0.29) is 10.8 Å². The van der Waals surface area contributed by atoms with Crippen LogP contribution >= 0.6 is 0 Å². The van der Waals surface area contributed by atoms with Gasteiger partial charge in [-0.25, -0.2) is 8.42 Å². The molecule has 0 radical (unpaired) electrons. The molecule has 1 N–H and O–H groups in total. The van der Waals surface area contributed by atoms with Crippen molar-refractivity contribution in [2.45, 2.75) is 50.5 Å². The zero-order chi connectivity index (χ0) is 16.3. The molecular formula is C16H23NO4S. The van der Waals surface area contributed by atoms with E-state index in [9.17, 15) is 13.2 Å². The molecule has 6 heteroatoms. The molecule has 1 aliphatic carbocycles. The number of hydrogen-bond donors (Lipinski definition) is 1. The topological polar surface area (TPSA) is 72.5 Å². The third-order valence-electron chi connectivity index (χ3n) is 4.33. The molecule has 122 valence electrons. The monoisotopic (exact) mass is 325 g/mol. The van der Waals surface area contributed by atoms with Crippen molar-refractivity contribution < 1.29 is 17.9 Å². The second-order valence-corrected chi connectivity index (χ2v) is 7.51. The second kappa shape index (κ2) is 6.79. The molecule has 0 fully saturated rings. The molecule has 0 bridgehead atoms. The van der Waals surface area contributed by atoms with Crippen LogP contribution in [-0.2, 0) is 32.4 Å². The van der Waals surface area contributed by atoms with Crippen molar-refractivity contribution in [1.82, 2.24) is 4.72 Å². The predicted molar refractivity (Wildman–Crippen MR) is 84.0 cm³/mol. The first-order valence-corrected chi connectivity index (χ1v) is 9.09. The van der Waals surface area contributed by atoms with Crippen LogP contribution in [0, 0.1) is 5.92 Å². The number of fused-ring (bicyclic) bond motifs is 1. The average molecular weight is 325 g/mol. The van der Waals surface area contributed by atoms with Gasteiger partial charge in [0.2, 0.25) is 10.0 Å². The lowest BCUT2D eigenvalue weighted by Gasteiger charge is -2.21. The van der Waals surface area contributed by atoms with Gasteiger partial charge in [0.1, 0.15) is 6.04 Å². The smallest absolute Gasteiger partial charge is 0.324 e. The van der Waals surface area contributed by atoms with Gasteiger partial charge in [-0.1, -0.05) is 26.3 Å². The molecule has 0 spiro atoms. The zero-order valence-electron chi connectivity index (χ0n) is 13.3. The maximum Gasteiger partial charge on any atom is 0.324 e. The molecule has 0 heterocycles. The molecular weight excluding hydrogens is 302 g/mol. The molecule has 0 aliphatic heterocycles. The highest BCUT2D eigenvalue weighted by Crippen LogP contribution is 2.25. The molecule has 0 saturated heterocycles. The number of carbonyl (C=O) groups is 1. The van der Waals surface area contributed by atoms with E-state index in [1.807, 2.05) is 19.9 Å². The van der Waals surface area contributed by atoms with E-state index < -0.39 is 22.0 Å². The summed E-state index contributed by atoms with van der Waals surface area (Å²) in [6.45, 7) is 3.73. The number of nitrogens with one attached hydrogen (secondary N) is 1. The first-order chi connectivity index (χ1) is 10.4. The van der Waals surface area contributed by atoms with Gasteiger partial charge < -0.3 is 4.74 Å². The Hall–Kier alpha value is -1.40. The molecule has 1 aromatic rings. The lowest BCUT2D eigenvalue weighted by molar-refractivity contribution is -0.143. The summed E-state index contributed by atoms with van der Waals surface area (Å²) in [5.41, 5.74) is 2.30. The molecule has 2 rings (SSSR count). The number of sulfonamides is 1. The molecule has 0 unspecified atom stereocenters. The Kier molecular flexibility index (Phi) is 5.24. The number of rotatable bonds is 6. The maximum atomic E-state index is 12.6. The summed E-state index contributed by atoms with van der Waals surface area (Å²) in [7, 11) is -2.48. The van der Waals surface area contributed by atoms with E-state index in [1.165, 1.54) is 12.7 Å². The van der Waals surface area contributed by atoms with Gasteiger partial charge in [-0.3, -0.25) is 4.79 Å². The molecule has 22 heavy (non-hydrogen) atoms. The predicted octanol–water partition coefficient (Wildman–Crippen LogP) is 2.04. The molecule has 1 aliphatic rings. The Balaban J connectivity index is 2.27. The summed E-state index contributed by atoms with van der Waals surface area (Å²) < 4.78 is 32.4. The van der Waals surface area contributed by atoms with Crippen LogP contribution in [0.5, 0.6) is 0 Å². The van der Waals surface area contributed by atoms with Crippen LogP contribution in [0.25, 0.3) is 0 Å². The zero-order valence-corrected chi connectivity index (χ0v) is 14.1. The van der Waals surface area contributed by atoms with Crippen molar-refractivity contribution in [3.63, 3.8) is 0 Å². The summed E-state index contributed by atoms with van der Waals surface area (Å²) >= 11 is 0. The number of carbonyl (C=O) groups excluding carboxylic acids is 1. The van der Waals surface area contributed by atoms with Crippen LogP contribution < -0.4 is 4.72 Å². The quantitative estimate of drug-likeness (QED) is 0.813. The Morgan fingerprint density at radius 3 is 2.64 bits per heavy atom. The highest BCUT2D eigenvalue weighted by atomic mass is 32.2. The number of esters is 1. The summed E-state index contributed by atoms with van der Waals surface area (Å²) in [4.78, 5) is 12.1. The Morgan fingerprint density at radius 2 is 2.00 bits per heavy atom. The number of ether oxygens (including phenoxy) is 1. The van der Waals surface area contributed by atoms with Gasteiger partial charge in [-0.05, 0) is 48.4 Å². The van der Waals surface area contributed by atoms with Gasteiger partial charge >= 0.3 is 5.97 Å². The fourth-order valence-electron chi connectivity index (χ4n) is 2.71. The average Bonchev–Trinajstić information content (AvgIpc) is 2.98. The van der Waals surface area contributed by atoms with Crippen molar-refractivity contribution in [1.29, 1.82) is 0 Å². The lowest BCUT2D eigenvalue weighted by Crippen LogP contribution is -2.45. The number of aryl methyl sites for hydroxylation is 2. The van der Waals surface area contributed by atoms with E-state index in [0.29, 0.717) is 6.42 Å². The highest BCUT2D eigenvalue weighted by molar-refractivity contribution is 7.89. The van der Waals surface area contributed by atoms with E-state index >= 15 is 0 Å². The normalized spacial score (nSPS) is 16.9. The van der Waals surface area contributed by atoms with E-state index in [1.54, 1.807) is 12.1 Å². The van der Waals surface area contributed by atoms with Crippen molar-refractivity contribution in [3.05, 3.63) is 29.3 Å². The number of benzene rings is 1. The van der Waals surface area contributed by atoms with Gasteiger partial charge in [-0.15, -0.1) is 0 Å². The maximum absolute atomic E-state index is 12.6. The van der Waals surface area contributed by atoms with Crippen molar-refractivity contribution in [2.24, 2.45) is 5.92 Å². The van der Waals surface area contributed by atoms with E-state index in [4.69, 9.17) is 4.74 Å². The van der Waals surface area contributed by atoms with Gasteiger partial charge in [0, 0.05) is 0 Å². The molecule has 0 aromatic heterocycles. The Bertz CT molecular complexity index is 654. The van der Waals surface area contributed by atoms with E-state index in [2.05, 4.69) is 4.72 Å². The van der Waals surface area contributed by atoms with Gasteiger partial charge in [-0.2, -0.15) is 4.72 Å². The molecule has 5 nitrogen and oxygen atoms in total. The molecule has 1 aromatic carbocycles. The minimum Gasteiger partial charge on any atom is -0.468 e. The molecule has 2 atom stereocenters. The van der Waals surface area contributed by atoms with Crippen LogP contribution in [0.2, 0.25) is 0 Å². The van der Waals surface area contributed by atoms with Crippen molar-refractivity contribution in [3.8, 4) is 0 Å². The van der Waals surface area contributed by atoms with Crippen LogP contribution in [0.3, 0.4) is 0 Å². The van der Waals surface area contributed by atoms with Crippen LogP contribution in [0.15, 0.2) is 23.1 Å². The van der Waals surface area contributed by atoms with Crippen molar-refractivity contribution >= 4 is 16.0 Å². The minimum absolute atomic E-state index is 0.142. The van der Waals surface area contributed by atoms with Crippen molar-refractivity contribution in [2.75, 3.05) is 7.11 Å².